The first-order valence-electron chi connectivity index (χ1n) is 6.62. The van der Waals surface area contributed by atoms with Gasteiger partial charge in [-0.05, 0) is 55.4 Å². The van der Waals surface area contributed by atoms with E-state index in [-0.39, 0.29) is 0 Å². The molecule has 0 unspecified atom stereocenters. The quantitative estimate of drug-likeness (QED) is 0.779. The summed E-state index contributed by atoms with van der Waals surface area (Å²) in [5, 5.41) is 0. The average Bonchev–Trinajstić information content (AvgIpc) is 2.66. The summed E-state index contributed by atoms with van der Waals surface area (Å²) in [4.78, 5) is 7.74. The predicted octanol–water partition coefficient (Wildman–Crippen LogP) is 4.24. The van der Waals surface area contributed by atoms with Crippen molar-refractivity contribution in [2.75, 3.05) is 0 Å². The summed E-state index contributed by atoms with van der Waals surface area (Å²) in [5.74, 6) is 0. The van der Waals surface area contributed by atoms with Gasteiger partial charge in [0, 0.05) is 12.2 Å². The van der Waals surface area contributed by atoms with Gasteiger partial charge in [0.2, 0.25) is 0 Å². The molecule has 0 amide bonds. The molecule has 0 saturated heterocycles. The zero-order valence-corrected chi connectivity index (χ0v) is 11.8. The lowest BCUT2D eigenvalue weighted by Gasteiger charge is -2.34. The lowest BCUT2D eigenvalue weighted by Crippen LogP contribution is -2.23. The maximum atomic E-state index is 5.46. The Morgan fingerprint density at radius 1 is 1.39 bits per heavy atom. The molecule has 2 aromatic heterocycles. The molecule has 0 radical (unpaired) electrons. The number of imidazole rings is 1. The number of aromatic nitrogens is 3. The van der Waals surface area contributed by atoms with Crippen molar-refractivity contribution >= 4 is 23.4 Å². The van der Waals surface area contributed by atoms with Crippen molar-refractivity contribution in [3.05, 3.63) is 23.1 Å². The smallest absolute Gasteiger partial charge is 0.179 e. The van der Waals surface area contributed by atoms with Crippen molar-refractivity contribution < 1.29 is 0 Å². The van der Waals surface area contributed by atoms with Crippen LogP contribution in [-0.2, 0) is 0 Å². The summed E-state index contributed by atoms with van der Waals surface area (Å²) in [6.07, 6.45) is 6.77. The molecule has 0 aromatic carbocycles. The number of fused-ring (bicyclic) bond motifs is 1. The van der Waals surface area contributed by atoms with Gasteiger partial charge in [0.15, 0.2) is 10.4 Å². The molecular weight excluding hydrogens is 242 g/mol. The van der Waals surface area contributed by atoms with Crippen molar-refractivity contribution in [3.8, 4) is 0 Å². The van der Waals surface area contributed by atoms with Gasteiger partial charge >= 0.3 is 0 Å². The Balaban J connectivity index is 2.00. The fourth-order valence-electron chi connectivity index (χ4n) is 2.94. The molecule has 96 valence electrons. The van der Waals surface area contributed by atoms with Gasteiger partial charge in [-0.2, -0.15) is 0 Å². The van der Waals surface area contributed by atoms with Crippen molar-refractivity contribution in [3.63, 3.8) is 0 Å². The van der Waals surface area contributed by atoms with Gasteiger partial charge in [-0.3, -0.25) is 4.57 Å². The summed E-state index contributed by atoms with van der Waals surface area (Å²) >= 11 is 5.46. The van der Waals surface area contributed by atoms with Crippen LogP contribution in [0.1, 0.15) is 45.6 Å². The first kappa shape index (κ1) is 11.9. The molecule has 0 bridgehead atoms. The number of rotatable bonds is 1. The van der Waals surface area contributed by atoms with Crippen molar-refractivity contribution in [2.24, 2.45) is 5.41 Å². The van der Waals surface area contributed by atoms with E-state index in [2.05, 4.69) is 28.4 Å². The van der Waals surface area contributed by atoms with Gasteiger partial charge in [0.1, 0.15) is 0 Å². The van der Waals surface area contributed by atoms with Crippen LogP contribution in [0.25, 0.3) is 11.2 Å². The van der Waals surface area contributed by atoms with Gasteiger partial charge in [-0.15, -0.1) is 0 Å². The van der Waals surface area contributed by atoms with Crippen molar-refractivity contribution in [1.29, 1.82) is 0 Å². The molecule has 1 aliphatic rings. The van der Waals surface area contributed by atoms with Crippen molar-refractivity contribution in [1.82, 2.24) is 14.5 Å². The van der Waals surface area contributed by atoms with Crippen molar-refractivity contribution in [2.45, 2.75) is 45.6 Å². The lowest BCUT2D eigenvalue weighted by atomic mass is 9.75. The molecule has 0 aliphatic heterocycles. The average molecular weight is 261 g/mol. The minimum absolute atomic E-state index is 0.484. The Kier molecular flexibility index (Phi) is 2.77. The fourth-order valence-corrected chi connectivity index (χ4v) is 3.28. The van der Waals surface area contributed by atoms with Crippen LogP contribution in [0.15, 0.2) is 18.3 Å². The van der Waals surface area contributed by atoms with E-state index in [1.165, 1.54) is 25.7 Å². The largest absolute Gasteiger partial charge is 0.329 e. The molecule has 4 heteroatoms. The van der Waals surface area contributed by atoms with E-state index in [1.807, 2.05) is 18.3 Å². The summed E-state index contributed by atoms with van der Waals surface area (Å²) in [5.41, 5.74) is 2.54. The van der Waals surface area contributed by atoms with Crippen LogP contribution in [0.2, 0.25) is 0 Å². The molecule has 1 N–H and O–H groups in total. The minimum Gasteiger partial charge on any atom is -0.329 e. The number of hydrogen-bond donors (Lipinski definition) is 1. The van der Waals surface area contributed by atoms with Gasteiger partial charge in [-0.1, -0.05) is 13.8 Å². The van der Waals surface area contributed by atoms with E-state index in [0.29, 0.717) is 11.5 Å². The van der Waals surface area contributed by atoms with Crippen LogP contribution in [-0.4, -0.2) is 14.5 Å². The highest BCUT2D eigenvalue weighted by atomic mass is 32.1. The van der Waals surface area contributed by atoms with Crippen LogP contribution in [0.4, 0.5) is 0 Å². The van der Waals surface area contributed by atoms with E-state index in [4.69, 9.17) is 12.2 Å². The second-order valence-corrected chi connectivity index (χ2v) is 6.46. The molecule has 0 spiro atoms. The van der Waals surface area contributed by atoms with Crippen LogP contribution in [0.3, 0.4) is 0 Å². The zero-order chi connectivity index (χ0) is 12.8. The number of pyridine rings is 1. The Morgan fingerprint density at radius 3 is 2.83 bits per heavy atom. The van der Waals surface area contributed by atoms with Crippen LogP contribution in [0.5, 0.6) is 0 Å². The first-order chi connectivity index (χ1) is 8.57. The third-order valence-corrected chi connectivity index (χ3v) is 4.45. The number of nitrogens with one attached hydrogen (secondary N) is 1. The standard InChI is InChI=1S/C14H19N3S/c1-14(2)7-5-10(6-8-14)17-12-11(16-13(17)18)4-3-9-15-12/h3-4,9-10H,5-8H2,1-2H3,(H,16,18). The Bertz CT molecular complexity index is 613. The van der Waals surface area contributed by atoms with E-state index in [0.717, 1.165) is 15.9 Å². The third kappa shape index (κ3) is 1.99. The van der Waals surface area contributed by atoms with E-state index in [9.17, 15) is 0 Å². The SMILES string of the molecule is CC1(C)CCC(n2c(=S)[nH]c3cccnc32)CC1. The van der Waals surface area contributed by atoms with Crippen LogP contribution < -0.4 is 0 Å². The topological polar surface area (TPSA) is 33.6 Å². The molecule has 1 aliphatic carbocycles. The summed E-state index contributed by atoms with van der Waals surface area (Å²) in [6.45, 7) is 4.71. The Hall–Kier alpha value is -1.16. The first-order valence-corrected chi connectivity index (χ1v) is 7.03. The zero-order valence-electron chi connectivity index (χ0n) is 10.9. The maximum Gasteiger partial charge on any atom is 0.179 e. The second-order valence-electron chi connectivity index (χ2n) is 6.07. The number of hydrogen-bond acceptors (Lipinski definition) is 2. The Morgan fingerprint density at radius 2 is 2.11 bits per heavy atom. The molecule has 3 rings (SSSR count). The molecule has 2 aromatic rings. The van der Waals surface area contributed by atoms with Crippen LogP contribution in [0, 0.1) is 10.2 Å². The summed E-state index contributed by atoms with van der Waals surface area (Å²) in [6, 6.07) is 4.50. The fraction of sp³-hybridized carbons (Fsp3) is 0.571. The molecular formula is C14H19N3S. The highest BCUT2D eigenvalue weighted by Crippen LogP contribution is 2.40. The lowest BCUT2D eigenvalue weighted by molar-refractivity contribution is 0.195. The van der Waals surface area contributed by atoms with Crippen LogP contribution >= 0.6 is 12.2 Å². The van der Waals surface area contributed by atoms with Gasteiger partial charge in [0.25, 0.3) is 0 Å². The molecule has 1 fully saturated rings. The Labute approximate surface area is 112 Å². The summed E-state index contributed by atoms with van der Waals surface area (Å²) in [7, 11) is 0. The van der Waals surface area contributed by atoms with E-state index < -0.39 is 0 Å². The van der Waals surface area contributed by atoms with Gasteiger partial charge < -0.3 is 4.98 Å². The monoisotopic (exact) mass is 261 g/mol. The minimum atomic E-state index is 0.484. The third-order valence-electron chi connectivity index (χ3n) is 4.15. The molecule has 18 heavy (non-hydrogen) atoms. The highest BCUT2D eigenvalue weighted by Gasteiger charge is 2.28. The second kappa shape index (κ2) is 4.19. The molecule has 3 nitrogen and oxygen atoms in total. The molecule has 1 saturated carbocycles. The summed E-state index contributed by atoms with van der Waals surface area (Å²) < 4.78 is 3.04. The maximum absolute atomic E-state index is 5.46. The number of nitrogens with zero attached hydrogens (tertiary/aromatic N) is 2. The number of H-pyrrole nitrogens is 1. The normalized spacial score (nSPS) is 20.3. The predicted molar refractivity (Wildman–Crippen MR) is 76.2 cm³/mol. The molecule has 0 atom stereocenters. The van der Waals surface area contributed by atoms with E-state index >= 15 is 0 Å². The molecule has 2 heterocycles. The van der Waals surface area contributed by atoms with Gasteiger partial charge in [0.05, 0.1) is 5.52 Å². The highest BCUT2D eigenvalue weighted by molar-refractivity contribution is 7.71. The van der Waals surface area contributed by atoms with Gasteiger partial charge in [-0.25, -0.2) is 4.98 Å². The van der Waals surface area contributed by atoms with E-state index in [1.54, 1.807) is 0 Å². The number of aromatic amines is 1.